The van der Waals surface area contributed by atoms with Crippen molar-refractivity contribution in [2.24, 2.45) is 0 Å². The molecule has 0 radical (unpaired) electrons. The number of hydrogen-bond donors (Lipinski definition) is 0. The molecule has 0 N–H and O–H groups in total. The Bertz CT molecular complexity index is 357. The lowest BCUT2D eigenvalue weighted by Crippen LogP contribution is -2.11. The van der Waals surface area contributed by atoms with Crippen LogP contribution >= 0.6 is 0 Å². The predicted octanol–water partition coefficient (Wildman–Crippen LogP) is 1.53. The van der Waals surface area contributed by atoms with Gasteiger partial charge in [-0.2, -0.15) is 0 Å². The molecule has 0 spiro atoms. The lowest BCUT2D eigenvalue weighted by atomic mass is 10.1. The molecule has 0 atom stereocenters. The zero-order valence-electron chi connectivity index (χ0n) is 8.82. The Morgan fingerprint density at radius 2 is 2.13 bits per heavy atom. The lowest BCUT2D eigenvalue weighted by Gasteiger charge is -2.01. The smallest absolute Gasteiger partial charge is 0.313 e. The number of pyridine rings is 1. The average Bonchev–Trinajstić information content (AvgIpc) is 2.18. The van der Waals surface area contributed by atoms with Gasteiger partial charge in [-0.1, -0.05) is 0 Å². The van der Waals surface area contributed by atoms with E-state index in [2.05, 4.69) is 9.72 Å². The number of aromatic nitrogens is 1. The number of carbonyl (C=O) groups is 2. The van der Waals surface area contributed by atoms with E-state index in [1.807, 2.05) is 6.92 Å². The van der Waals surface area contributed by atoms with Crippen molar-refractivity contribution < 1.29 is 14.3 Å². The Morgan fingerprint density at radius 3 is 2.67 bits per heavy atom. The van der Waals surface area contributed by atoms with Crippen LogP contribution < -0.4 is 0 Å². The molecular weight excluding hydrogens is 194 g/mol. The van der Waals surface area contributed by atoms with Crippen LogP contribution in [-0.4, -0.2) is 23.3 Å². The van der Waals surface area contributed by atoms with Crippen molar-refractivity contribution in [3.63, 3.8) is 0 Å². The number of carbonyl (C=O) groups excluding carboxylic acids is 2. The number of Topliss-reactive ketones (excluding diaryl/α,β-unsaturated/α-hetero) is 1. The highest BCUT2D eigenvalue weighted by atomic mass is 16.5. The fourth-order valence-electron chi connectivity index (χ4n) is 1.08. The number of ketones is 1. The Labute approximate surface area is 88.3 Å². The number of nitrogens with zero attached hydrogens (tertiary/aromatic N) is 1. The minimum atomic E-state index is -0.497. The largest absolute Gasteiger partial charge is 0.466 e. The summed E-state index contributed by atoms with van der Waals surface area (Å²) in [6, 6.07) is 3.39. The van der Waals surface area contributed by atoms with Crippen molar-refractivity contribution in [3.05, 3.63) is 29.6 Å². The van der Waals surface area contributed by atoms with Crippen molar-refractivity contribution >= 4 is 11.8 Å². The van der Waals surface area contributed by atoms with E-state index < -0.39 is 5.97 Å². The van der Waals surface area contributed by atoms with E-state index in [9.17, 15) is 9.59 Å². The maximum absolute atomic E-state index is 11.5. The topological polar surface area (TPSA) is 56.3 Å². The fraction of sp³-hybridized carbons (Fsp3) is 0.364. The zero-order valence-corrected chi connectivity index (χ0v) is 8.82. The van der Waals surface area contributed by atoms with Gasteiger partial charge in [0.1, 0.15) is 6.42 Å². The molecule has 4 heteroatoms. The molecule has 0 aliphatic rings. The van der Waals surface area contributed by atoms with Crippen LogP contribution in [-0.2, 0) is 9.53 Å². The lowest BCUT2D eigenvalue weighted by molar-refractivity contribution is -0.141. The molecule has 0 aromatic carbocycles. The first-order chi connectivity index (χ1) is 7.13. The van der Waals surface area contributed by atoms with E-state index >= 15 is 0 Å². The highest BCUT2D eigenvalue weighted by Gasteiger charge is 2.12. The SMILES string of the molecule is CCOC(=O)CC(=O)c1ccc(C)nc1. The fourth-order valence-corrected chi connectivity index (χ4v) is 1.08. The molecule has 1 aromatic heterocycles. The molecule has 0 bridgehead atoms. The first kappa shape index (κ1) is 11.4. The molecule has 4 nitrogen and oxygen atoms in total. The summed E-state index contributed by atoms with van der Waals surface area (Å²) in [5.41, 5.74) is 1.27. The number of aryl methyl sites for hydroxylation is 1. The molecule has 1 rings (SSSR count). The summed E-state index contributed by atoms with van der Waals surface area (Å²) in [4.78, 5) is 26.5. The maximum Gasteiger partial charge on any atom is 0.313 e. The van der Waals surface area contributed by atoms with Crippen molar-refractivity contribution in [2.45, 2.75) is 20.3 Å². The van der Waals surface area contributed by atoms with Crippen LogP contribution in [0.3, 0.4) is 0 Å². The summed E-state index contributed by atoms with van der Waals surface area (Å²) in [7, 11) is 0. The third-order valence-corrected chi connectivity index (χ3v) is 1.84. The van der Waals surface area contributed by atoms with Crippen LogP contribution in [0.2, 0.25) is 0 Å². The molecule has 0 amide bonds. The Hall–Kier alpha value is -1.71. The van der Waals surface area contributed by atoms with Crippen molar-refractivity contribution in [3.8, 4) is 0 Å². The number of ether oxygens (including phenoxy) is 1. The van der Waals surface area contributed by atoms with Crippen LogP contribution in [0.15, 0.2) is 18.3 Å². The third kappa shape index (κ3) is 3.50. The molecule has 1 aromatic rings. The van der Waals surface area contributed by atoms with E-state index in [-0.39, 0.29) is 18.8 Å². The second-order valence-electron chi connectivity index (χ2n) is 3.09. The van der Waals surface area contributed by atoms with Gasteiger partial charge in [-0.15, -0.1) is 0 Å². The minimum Gasteiger partial charge on any atom is -0.466 e. The second-order valence-corrected chi connectivity index (χ2v) is 3.09. The summed E-state index contributed by atoms with van der Waals surface area (Å²) in [6.45, 7) is 3.83. The normalized spacial score (nSPS) is 9.73. The van der Waals surface area contributed by atoms with Crippen LogP contribution in [0.25, 0.3) is 0 Å². The van der Waals surface area contributed by atoms with Crippen molar-refractivity contribution in [1.29, 1.82) is 0 Å². The van der Waals surface area contributed by atoms with Crippen molar-refractivity contribution in [1.82, 2.24) is 4.98 Å². The molecule has 0 saturated carbocycles. The van der Waals surface area contributed by atoms with Gasteiger partial charge in [-0.3, -0.25) is 14.6 Å². The average molecular weight is 207 g/mol. The van der Waals surface area contributed by atoms with Gasteiger partial charge in [0.2, 0.25) is 0 Å². The molecule has 15 heavy (non-hydrogen) atoms. The van der Waals surface area contributed by atoms with Gasteiger partial charge in [-0.25, -0.2) is 0 Å². The molecule has 0 aliphatic heterocycles. The van der Waals surface area contributed by atoms with Gasteiger partial charge in [0, 0.05) is 17.5 Å². The van der Waals surface area contributed by atoms with E-state index in [4.69, 9.17) is 0 Å². The van der Waals surface area contributed by atoms with Crippen LogP contribution in [0.4, 0.5) is 0 Å². The standard InChI is InChI=1S/C11H13NO3/c1-3-15-11(14)6-10(13)9-5-4-8(2)12-7-9/h4-5,7H,3,6H2,1-2H3. The zero-order chi connectivity index (χ0) is 11.3. The Kier molecular flexibility index (Phi) is 3.97. The summed E-state index contributed by atoms with van der Waals surface area (Å²) in [5.74, 6) is -0.760. The highest BCUT2D eigenvalue weighted by molar-refractivity contribution is 6.05. The molecule has 0 aliphatic carbocycles. The summed E-state index contributed by atoms with van der Waals surface area (Å²) < 4.78 is 4.68. The molecule has 0 fully saturated rings. The maximum atomic E-state index is 11.5. The van der Waals surface area contributed by atoms with Crippen molar-refractivity contribution in [2.75, 3.05) is 6.61 Å². The van der Waals surface area contributed by atoms with E-state index in [1.54, 1.807) is 19.1 Å². The monoisotopic (exact) mass is 207 g/mol. The number of rotatable bonds is 4. The molecular formula is C11H13NO3. The number of esters is 1. The van der Waals surface area contributed by atoms with Gasteiger partial charge < -0.3 is 4.74 Å². The first-order valence-corrected chi connectivity index (χ1v) is 4.75. The molecule has 0 saturated heterocycles. The third-order valence-electron chi connectivity index (χ3n) is 1.84. The Morgan fingerprint density at radius 1 is 1.40 bits per heavy atom. The van der Waals surface area contributed by atoms with Gasteiger partial charge in [0.05, 0.1) is 6.61 Å². The van der Waals surface area contributed by atoms with Gasteiger partial charge in [0.25, 0.3) is 0 Å². The molecule has 80 valence electrons. The number of hydrogen-bond acceptors (Lipinski definition) is 4. The molecule has 0 unspecified atom stereocenters. The summed E-state index contributed by atoms with van der Waals surface area (Å²) in [5, 5.41) is 0. The predicted molar refractivity (Wildman–Crippen MR) is 54.6 cm³/mol. The van der Waals surface area contributed by atoms with Gasteiger partial charge in [0.15, 0.2) is 5.78 Å². The highest BCUT2D eigenvalue weighted by Crippen LogP contribution is 2.04. The van der Waals surface area contributed by atoms with Crippen LogP contribution in [0, 0.1) is 6.92 Å². The first-order valence-electron chi connectivity index (χ1n) is 4.75. The van der Waals surface area contributed by atoms with E-state index in [0.29, 0.717) is 5.56 Å². The minimum absolute atomic E-state index is 0.224. The summed E-state index contributed by atoms with van der Waals surface area (Å²) in [6.07, 6.45) is 1.25. The van der Waals surface area contributed by atoms with Crippen LogP contribution in [0.5, 0.6) is 0 Å². The van der Waals surface area contributed by atoms with Gasteiger partial charge >= 0.3 is 5.97 Å². The molecule has 1 heterocycles. The Balaban J connectivity index is 2.61. The summed E-state index contributed by atoms with van der Waals surface area (Å²) >= 11 is 0. The van der Waals surface area contributed by atoms with E-state index in [1.165, 1.54) is 6.20 Å². The quantitative estimate of drug-likeness (QED) is 0.427. The van der Waals surface area contributed by atoms with E-state index in [0.717, 1.165) is 5.69 Å². The second kappa shape index (κ2) is 5.24. The van der Waals surface area contributed by atoms with Crippen LogP contribution in [0.1, 0.15) is 29.4 Å². The van der Waals surface area contributed by atoms with Gasteiger partial charge in [-0.05, 0) is 26.0 Å².